The predicted octanol–water partition coefficient (Wildman–Crippen LogP) is 2.32. The van der Waals surface area contributed by atoms with Crippen LogP contribution in [0.3, 0.4) is 0 Å². The molecule has 0 aliphatic carbocycles. The summed E-state index contributed by atoms with van der Waals surface area (Å²) in [5.41, 5.74) is 2.53. The van der Waals surface area contributed by atoms with Crippen molar-refractivity contribution in [1.82, 2.24) is 24.9 Å². The average Bonchev–Trinajstić information content (AvgIpc) is 2.74. The molecule has 1 amide bonds. The Morgan fingerprint density at radius 2 is 1.61 bits per heavy atom. The fourth-order valence-electron chi connectivity index (χ4n) is 3.60. The van der Waals surface area contributed by atoms with Crippen molar-refractivity contribution in [3.63, 3.8) is 0 Å². The molecule has 7 nitrogen and oxygen atoms in total. The van der Waals surface area contributed by atoms with E-state index >= 15 is 0 Å². The molecule has 0 bridgehead atoms. The molecule has 0 aromatic heterocycles. The minimum absolute atomic E-state index is 0. The van der Waals surface area contributed by atoms with E-state index < -0.39 is 0 Å². The van der Waals surface area contributed by atoms with E-state index in [2.05, 4.69) is 46.4 Å². The highest BCUT2D eigenvalue weighted by molar-refractivity contribution is 14.0. The minimum atomic E-state index is 0. The van der Waals surface area contributed by atoms with Gasteiger partial charge in [0.15, 0.2) is 5.96 Å². The van der Waals surface area contributed by atoms with Crippen LogP contribution in [0.5, 0.6) is 0 Å². The zero-order chi connectivity index (χ0) is 21.9. The molecule has 1 aromatic carbocycles. The zero-order valence-electron chi connectivity index (χ0n) is 19.9. The highest BCUT2D eigenvalue weighted by atomic mass is 127. The van der Waals surface area contributed by atoms with Crippen molar-refractivity contribution in [2.45, 2.75) is 33.9 Å². The molecule has 1 heterocycles. The summed E-state index contributed by atoms with van der Waals surface area (Å²) in [5.74, 6) is 0.890. The summed E-state index contributed by atoms with van der Waals surface area (Å²) in [6, 6.07) is 8.76. The first-order valence-electron chi connectivity index (χ1n) is 11.2. The molecule has 1 aliphatic rings. The average molecular weight is 545 g/mol. The maximum absolute atomic E-state index is 12.4. The second kappa shape index (κ2) is 14.6. The maximum Gasteiger partial charge on any atom is 0.242 e. The molecule has 1 fully saturated rings. The van der Waals surface area contributed by atoms with Crippen molar-refractivity contribution in [2.24, 2.45) is 4.99 Å². The quantitative estimate of drug-likeness (QED) is 0.294. The molecule has 0 radical (unpaired) electrons. The fraction of sp³-hybridized carbons (Fsp3) is 0.652. The standard InChI is InChI=1S/C23H40N6O.HI/c1-6-24-23(27(5)19-22(30)29(7-2)8-3)25-17-20-9-11-21(12-10-20)18-28-15-13-26(4)14-16-28;/h9-12H,6-8,13-19H2,1-5H3,(H,24,25);1H. The van der Waals surface area contributed by atoms with Crippen molar-refractivity contribution < 1.29 is 4.79 Å². The van der Waals surface area contributed by atoms with E-state index in [4.69, 9.17) is 4.99 Å². The second-order valence-corrected chi connectivity index (χ2v) is 7.99. The van der Waals surface area contributed by atoms with Gasteiger partial charge in [0, 0.05) is 59.4 Å². The summed E-state index contributed by atoms with van der Waals surface area (Å²) in [6.07, 6.45) is 0. The number of amides is 1. The van der Waals surface area contributed by atoms with Gasteiger partial charge in [-0.1, -0.05) is 24.3 Å². The van der Waals surface area contributed by atoms with Gasteiger partial charge in [-0.3, -0.25) is 9.69 Å². The maximum atomic E-state index is 12.4. The predicted molar refractivity (Wildman–Crippen MR) is 140 cm³/mol. The van der Waals surface area contributed by atoms with Gasteiger partial charge in [-0.25, -0.2) is 4.99 Å². The number of hydrogen-bond donors (Lipinski definition) is 1. The third-order valence-electron chi connectivity index (χ3n) is 5.62. The van der Waals surface area contributed by atoms with Crippen molar-refractivity contribution in [3.8, 4) is 0 Å². The van der Waals surface area contributed by atoms with Crippen LogP contribution in [0.4, 0.5) is 0 Å². The van der Waals surface area contributed by atoms with Crippen LogP contribution in [-0.2, 0) is 17.9 Å². The fourth-order valence-corrected chi connectivity index (χ4v) is 3.60. The molecule has 1 aliphatic heterocycles. The van der Waals surface area contributed by atoms with Gasteiger partial charge < -0.3 is 20.0 Å². The Balaban J connectivity index is 0.00000480. The van der Waals surface area contributed by atoms with Crippen LogP contribution >= 0.6 is 24.0 Å². The number of carbonyl (C=O) groups excluding carboxylic acids is 1. The molecule has 0 spiro atoms. The van der Waals surface area contributed by atoms with Gasteiger partial charge in [-0.05, 0) is 38.9 Å². The Morgan fingerprint density at radius 1 is 1.03 bits per heavy atom. The van der Waals surface area contributed by atoms with Gasteiger partial charge >= 0.3 is 0 Å². The van der Waals surface area contributed by atoms with Crippen LogP contribution in [0.15, 0.2) is 29.3 Å². The molecule has 1 aromatic rings. The first kappa shape index (κ1) is 27.6. The second-order valence-electron chi connectivity index (χ2n) is 7.99. The number of aliphatic imine (C=N–C) groups is 1. The number of carbonyl (C=O) groups is 1. The number of likely N-dealkylation sites (N-methyl/N-ethyl adjacent to an activating group) is 3. The molecule has 0 saturated carbocycles. The summed E-state index contributed by atoms with van der Waals surface area (Å²) in [7, 11) is 4.10. The zero-order valence-corrected chi connectivity index (χ0v) is 22.3. The van der Waals surface area contributed by atoms with Gasteiger partial charge in [-0.15, -0.1) is 24.0 Å². The van der Waals surface area contributed by atoms with Crippen LogP contribution in [0, 0.1) is 0 Å². The van der Waals surface area contributed by atoms with Crippen molar-refractivity contribution in [3.05, 3.63) is 35.4 Å². The van der Waals surface area contributed by atoms with Crippen LogP contribution in [0.25, 0.3) is 0 Å². The lowest BCUT2D eigenvalue weighted by atomic mass is 10.1. The van der Waals surface area contributed by atoms with Gasteiger partial charge in [0.2, 0.25) is 5.91 Å². The summed E-state index contributed by atoms with van der Waals surface area (Å²) >= 11 is 0. The highest BCUT2D eigenvalue weighted by Crippen LogP contribution is 2.10. The number of rotatable bonds is 9. The number of piperazine rings is 1. The monoisotopic (exact) mass is 544 g/mol. The molecule has 176 valence electrons. The molecule has 1 N–H and O–H groups in total. The Labute approximate surface area is 205 Å². The molecule has 2 rings (SSSR count). The third-order valence-corrected chi connectivity index (χ3v) is 5.62. The normalized spacial score (nSPS) is 15.3. The SMILES string of the molecule is CCNC(=NCc1ccc(CN2CCN(C)CC2)cc1)N(C)CC(=O)N(CC)CC.I. The lowest BCUT2D eigenvalue weighted by Crippen LogP contribution is -2.45. The van der Waals surface area contributed by atoms with E-state index in [0.29, 0.717) is 13.1 Å². The Hall–Kier alpha value is -1.39. The Bertz CT molecular complexity index is 669. The number of nitrogens with one attached hydrogen (secondary N) is 1. The van der Waals surface area contributed by atoms with E-state index in [-0.39, 0.29) is 29.9 Å². The van der Waals surface area contributed by atoms with Gasteiger partial charge in [0.25, 0.3) is 0 Å². The molecular formula is C23H41IN6O. The Morgan fingerprint density at radius 3 is 2.16 bits per heavy atom. The van der Waals surface area contributed by atoms with Crippen LogP contribution in [0.1, 0.15) is 31.9 Å². The molecule has 0 unspecified atom stereocenters. The van der Waals surface area contributed by atoms with E-state index in [1.807, 2.05) is 37.6 Å². The topological polar surface area (TPSA) is 54.4 Å². The number of hydrogen-bond acceptors (Lipinski definition) is 4. The first-order valence-corrected chi connectivity index (χ1v) is 11.2. The Kier molecular flexibility index (Phi) is 13.0. The van der Waals surface area contributed by atoms with E-state index in [0.717, 1.165) is 58.3 Å². The van der Waals surface area contributed by atoms with Crippen LogP contribution in [0.2, 0.25) is 0 Å². The van der Waals surface area contributed by atoms with Crippen LogP contribution < -0.4 is 5.32 Å². The molecule has 31 heavy (non-hydrogen) atoms. The molecule has 0 atom stereocenters. The lowest BCUT2D eigenvalue weighted by molar-refractivity contribution is -0.131. The highest BCUT2D eigenvalue weighted by Gasteiger charge is 2.15. The molecule has 1 saturated heterocycles. The van der Waals surface area contributed by atoms with Gasteiger partial charge in [0.05, 0.1) is 13.1 Å². The van der Waals surface area contributed by atoms with Gasteiger partial charge in [-0.2, -0.15) is 0 Å². The number of benzene rings is 1. The number of nitrogens with zero attached hydrogens (tertiary/aromatic N) is 5. The number of guanidine groups is 1. The van der Waals surface area contributed by atoms with Crippen LogP contribution in [-0.4, -0.2) is 97.9 Å². The summed E-state index contributed by atoms with van der Waals surface area (Å²) in [5, 5.41) is 3.30. The first-order chi connectivity index (χ1) is 14.5. The summed E-state index contributed by atoms with van der Waals surface area (Å²) in [4.78, 5) is 25.8. The van der Waals surface area contributed by atoms with Crippen molar-refractivity contribution in [2.75, 3.05) is 66.5 Å². The molecule has 8 heteroatoms. The minimum Gasteiger partial charge on any atom is -0.357 e. The number of halogens is 1. The largest absolute Gasteiger partial charge is 0.357 e. The van der Waals surface area contributed by atoms with Gasteiger partial charge in [0.1, 0.15) is 0 Å². The third kappa shape index (κ3) is 9.33. The summed E-state index contributed by atoms with van der Waals surface area (Å²) < 4.78 is 0. The van der Waals surface area contributed by atoms with E-state index in [1.54, 1.807) is 0 Å². The molecular weight excluding hydrogens is 503 g/mol. The van der Waals surface area contributed by atoms with Crippen molar-refractivity contribution in [1.29, 1.82) is 0 Å². The summed E-state index contributed by atoms with van der Waals surface area (Å²) in [6.45, 7) is 14.8. The smallest absolute Gasteiger partial charge is 0.242 e. The van der Waals surface area contributed by atoms with E-state index in [1.165, 1.54) is 11.1 Å². The van der Waals surface area contributed by atoms with E-state index in [9.17, 15) is 4.79 Å². The lowest BCUT2D eigenvalue weighted by Gasteiger charge is -2.32. The van der Waals surface area contributed by atoms with Crippen molar-refractivity contribution >= 4 is 35.8 Å².